The monoisotopic (exact) mass is 255 g/mol. The Morgan fingerprint density at radius 1 is 1.36 bits per heavy atom. The number of hydrogen-bond donors (Lipinski definition) is 0. The third-order valence-electron chi connectivity index (χ3n) is 2.52. The van der Waals surface area contributed by atoms with Gasteiger partial charge in [0.25, 0.3) is 0 Å². The molecule has 0 saturated carbocycles. The highest BCUT2D eigenvalue weighted by Gasteiger charge is 2.14. The van der Waals surface area contributed by atoms with Crippen LogP contribution in [0.2, 0.25) is 0 Å². The fourth-order valence-corrected chi connectivity index (χ4v) is 2.15. The van der Waals surface area contributed by atoms with E-state index < -0.39 is 0 Å². The normalized spacial score (nSPS) is 16.4. The molecule has 0 radical (unpaired) electrons. The lowest BCUT2D eigenvalue weighted by molar-refractivity contribution is 0.172. The average molecular weight is 256 g/mol. The van der Waals surface area contributed by atoms with Crippen molar-refractivity contribution in [3.05, 3.63) is 28.2 Å². The van der Waals surface area contributed by atoms with Crippen LogP contribution in [0.1, 0.15) is 12.0 Å². The largest absolute Gasteiger partial charge is 0.497 e. The van der Waals surface area contributed by atoms with Crippen LogP contribution < -0.4 is 4.74 Å². The third kappa shape index (κ3) is 2.28. The molecule has 1 fully saturated rings. The highest BCUT2D eigenvalue weighted by atomic mass is 79.9. The first-order chi connectivity index (χ1) is 6.78. The van der Waals surface area contributed by atoms with Crippen LogP contribution in [-0.2, 0) is 6.54 Å². The summed E-state index contributed by atoms with van der Waals surface area (Å²) >= 11 is 3.49. The quantitative estimate of drug-likeness (QED) is 0.824. The highest BCUT2D eigenvalue weighted by molar-refractivity contribution is 9.10. The van der Waals surface area contributed by atoms with E-state index in [1.165, 1.54) is 25.1 Å². The first-order valence-electron chi connectivity index (χ1n) is 4.84. The third-order valence-corrected chi connectivity index (χ3v) is 2.98. The van der Waals surface area contributed by atoms with Crippen molar-refractivity contribution < 1.29 is 4.74 Å². The number of nitrogens with zero attached hydrogens (tertiary/aromatic N) is 1. The van der Waals surface area contributed by atoms with Gasteiger partial charge in [0.2, 0.25) is 0 Å². The molecule has 0 spiro atoms. The van der Waals surface area contributed by atoms with Gasteiger partial charge in [-0.3, -0.25) is 4.90 Å². The molecule has 2 nitrogen and oxygen atoms in total. The zero-order valence-electron chi connectivity index (χ0n) is 8.29. The topological polar surface area (TPSA) is 12.5 Å². The van der Waals surface area contributed by atoms with E-state index in [0.29, 0.717) is 0 Å². The molecule has 0 aliphatic carbocycles. The molecule has 1 aromatic carbocycles. The van der Waals surface area contributed by atoms with Crippen molar-refractivity contribution in [2.24, 2.45) is 0 Å². The molecule has 0 aromatic heterocycles. The summed E-state index contributed by atoms with van der Waals surface area (Å²) in [4.78, 5) is 2.43. The van der Waals surface area contributed by atoms with E-state index in [9.17, 15) is 0 Å². The number of benzene rings is 1. The van der Waals surface area contributed by atoms with E-state index in [4.69, 9.17) is 4.74 Å². The number of rotatable bonds is 3. The number of halogens is 1. The Hall–Kier alpha value is -0.540. The summed E-state index contributed by atoms with van der Waals surface area (Å²) in [5.41, 5.74) is 1.32. The molecule has 1 aliphatic rings. The number of likely N-dealkylation sites (tertiary alicyclic amines) is 1. The maximum Gasteiger partial charge on any atom is 0.120 e. The van der Waals surface area contributed by atoms with Crippen LogP contribution in [0.5, 0.6) is 5.75 Å². The Balaban J connectivity index is 2.11. The predicted molar refractivity (Wildman–Crippen MR) is 60.6 cm³/mol. The molecule has 1 aromatic rings. The van der Waals surface area contributed by atoms with Crippen LogP contribution in [-0.4, -0.2) is 25.1 Å². The summed E-state index contributed by atoms with van der Waals surface area (Å²) in [5.74, 6) is 0.926. The van der Waals surface area contributed by atoms with Crippen molar-refractivity contribution in [3.8, 4) is 5.75 Å². The summed E-state index contributed by atoms with van der Waals surface area (Å²) in [5, 5.41) is 0. The lowest BCUT2D eigenvalue weighted by atomic mass is 10.1. The maximum atomic E-state index is 5.22. The van der Waals surface area contributed by atoms with Crippen LogP contribution in [0.25, 0.3) is 0 Å². The van der Waals surface area contributed by atoms with Crippen molar-refractivity contribution >= 4 is 15.9 Å². The standard InChI is InChI=1S/C11H14BrNO/c1-14-11-6-9(5-10(12)7-11)8-13-3-2-4-13/h5-7H,2-4,8H2,1H3. The molecule has 1 aliphatic heterocycles. The minimum Gasteiger partial charge on any atom is -0.497 e. The minimum absolute atomic E-state index is 0.926. The van der Waals surface area contributed by atoms with Gasteiger partial charge in [0.05, 0.1) is 7.11 Å². The second-order valence-corrected chi connectivity index (χ2v) is 4.54. The molecule has 0 N–H and O–H groups in total. The number of methoxy groups -OCH3 is 1. The Morgan fingerprint density at radius 2 is 2.14 bits per heavy atom. The fraction of sp³-hybridized carbons (Fsp3) is 0.455. The molecule has 0 amide bonds. The van der Waals surface area contributed by atoms with Crippen molar-refractivity contribution in [2.45, 2.75) is 13.0 Å². The molecule has 14 heavy (non-hydrogen) atoms. The molecule has 3 heteroatoms. The van der Waals surface area contributed by atoms with Gasteiger partial charge in [0, 0.05) is 11.0 Å². The van der Waals surface area contributed by atoms with Crippen LogP contribution in [0.15, 0.2) is 22.7 Å². The summed E-state index contributed by atoms with van der Waals surface area (Å²) in [6.07, 6.45) is 1.34. The van der Waals surface area contributed by atoms with Crippen LogP contribution in [0.3, 0.4) is 0 Å². The lowest BCUT2D eigenvalue weighted by Crippen LogP contribution is -2.36. The van der Waals surface area contributed by atoms with Gasteiger partial charge in [0.1, 0.15) is 5.75 Å². The van der Waals surface area contributed by atoms with Crippen LogP contribution in [0, 0.1) is 0 Å². The van der Waals surface area contributed by atoms with Crippen LogP contribution in [0.4, 0.5) is 0 Å². The van der Waals surface area contributed by atoms with Gasteiger partial charge in [-0.2, -0.15) is 0 Å². The second-order valence-electron chi connectivity index (χ2n) is 3.63. The SMILES string of the molecule is COc1cc(Br)cc(CN2CCC2)c1. The summed E-state index contributed by atoms with van der Waals surface area (Å²) in [7, 11) is 1.70. The molecule has 0 bridgehead atoms. The zero-order valence-corrected chi connectivity index (χ0v) is 9.88. The van der Waals surface area contributed by atoms with Crippen molar-refractivity contribution in [2.75, 3.05) is 20.2 Å². The van der Waals surface area contributed by atoms with Gasteiger partial charge in [-0.05, 0) is 43.3 Å². The molecule has 0 unspecified atom stereocenters. The number of ether oxygens (including phenoxy) is 1. The molecule has 1 heterocycles. The van der Waals surface area contributed by atoms with Crippen molar-refractivity contribution in [1.29, 1.82) is 0 Å². The van der Waals surface area contributed by atoms with Gasteiger partial charge in [0.15, 0.2) is 0 Å². The zero-order chi connectivity index (χ0) is 9.97. The summed E-state index contributed by atoms with van der Waals surface area (Å²) < 4.78 is 6.31. The fourth-order valence-electron chi connectivity index (χ4n) is 1.63. The Bertz CT molecular complexity index is 323. The summed E-state index contributed by atoms with van der Waals surface area (Å²) in [6, 6.07) is 6.24. The lowest BCUT2D eigenvalue weighted by Gasteiger charge is -2.30. The van der Waals surface area contributed by atoms with E-state index in [-0.39, 0.29) is 0 Å². The van der Waals surface area contributed by atoms with E-state index in [2.05, 4.69) is 33.0 Å². The number of hydrogen-bond acceptors (Lipinski definition) is 2. The van der Waals surface area contributed by atoms with Crippen molar-refractivity contribution in [3.63, 3.8) is 0 Å². The molecule has 1 saturated heterocycles. The van der Waals surface area contributed by atoms with Gasteiger partial charge in [-0.25, -0.2) is 0 Å². The first kappa shape index (κ1) is 9.99. The maximum absolute atomic E-state index is 5.22. The summed E-state index contributed by atoms with van der Waals surface area (Å²) in [6.45, 7) is 3.50. The smallest absolute Gasteiger partial charge is 0.120 e. The molecular formula is C11H14BrNO. The van der Waals surface area contributed by atoms with Gasteiger partial charge >= 0.3 is 0 Å². The minimum atomic E-state index is 0.926. The van der Waals surface area contributed by atoms with Gasteiger partial charge < -0.3 is 4.74 Å². The Kier molecular flexibility index (Phi) is 3.08. The van der Waals surface area contributed by atoms with Crippen molar-refractivity contribution in [1.82, 2.24) is 4.90 Å². The average Bonchev–Trinajstić information content (AvgIpc) is 2.10. The van der Waals surface area contributed by atoms with Gasteiger partial charge in [-0.1, -0.05) is 15.9 Å². The Labute approximate surface area is 93.0 Å². The van der Waals surface area contributed by atoms with E-state index >= 15 is 0 Å². The molecule has 2 rings (SSSR count). The van der Waals surface area contributed by atoms with E-state index in [1.54, 1.807) is 7.11 Å². The Morgan fingerprint density at radius 3 is 2.71 bits per heavy atom. The molecule has 76 valence electrons. The second kappa shape index (κ2) is 4.32. The van der Waals surface area contributed by atoms with E-state index in [0.717, 1.165) is 16.8 Å². The van der Waals surface area contributed by atoms with E-state index in [1.807, 2.05) is 6.07 Å². The highest BCUT2D eigenvalue weighted by Crippen LogP contribution is 2.23. The first-order valence-corrected chi connectivity index (χ1v) is 5.63. The molecular weight excluding hydrogens is 242 g/mol. The van der Waals surface area contributed by atoms with Crippen LogP contribution >= 0.6 is 15.9 Å². The van der Waals surface area contributed by atoms with Gasteiger partial charge in [-0.15, -0.1) is 0 Å². The molecule has 0 atom stereocenters. The predicted octanol–water partition coefficient (Wildman–Crippen LogP) is 2.66.